The molecule has 0 bridgehead atoms. The number of aromatic nitrogens is 2. The van der Waals surface area contributed by atoms with Gasteiger partial charge in [-0.3, -0.25) is 0 Å². The molecule has 0 aliphatic heterocycles. The number of nitrogens with zero attached hydrogens (tertiary/aromatic N) is 2. The van der Waals surface area contributed by atoms with Gasteiger partial charge in [-0.05, 0) is 20.3 Å². The number of rotatable bonds is 2. The Morgan fingerprint density at radius 3 is 2.69 bits per heavy atom. The molecule has 1 saturated carbocycles. The molecule has 2 N–H and O–H groups in total. The maximum atomic E-state index is 12.9. The van der Waals surface area contributed by atoms with Crippen molar-refractivity contribution in [2.45, 2.75) is 37.9 Å². The molecule has 1 aromatic rings. The van der Waals surface area contributed by atoms with Gasteiger partial charge in [0.15, 0.2) is 0 Å². The average molecular weight is 185 g/mol. The lowest BCUT2D eigenvalue weighted by molar-refractivity contribution is 0.356. The second-order valence-electron chi connectivity index (χ2n) is 3.82. The fourth-order valence-electron chi connectivity index (χ4n) is 1.18. The van der Waals surface area contributed by atoms with Crippen LogP contribution in [0.25, 0.3) is 0 Å². The Labute approximate surface area is 75.3 Å². The molecule has 4 nitrogen and oxygen atoms in total. The van der Waals surface area contributed by atoms with E-state index in [4.69, 9.17) is 10.2 Å². The van der Waals surface area contributed by atoms with Crippen molar-refractivity contribution in [1.82, 2.24) is 10.2 Å². The predicted octanol–water partition coefficient (Wildman–Crippen LogP) is 1.09. The molecule has 0 radical (unpaired) electrons. The zero-order chi connectivity index (χ0) is 9.64. The Morgan fingerprint density at radius 1 is 1.69 bits per heavy atom. The van der Waals surface area contributed by atoms with Gasteiger partial charge in [0.2, 0.25) is 11.8 Å². The first kappa shape index (κ1) is 8.62. The summed E-state index contributed by atoms with van der Waals surface area (Å²) in [7, 11) is 0. The van der Waals surface area contributed by atoms with E-state index in [0.717, 1.165) is 0 Å². The highest BCUT2D eigenvalue weighted by atomic mass is 19.1. The molecule has 3 atom stereocenters. The van der Waals surface area contributed by atoms with Crippen LogP contribution < -0.4 is 5.73 Å². The smallest absolute Gasteiger partial charge is 0.232 e. The van der Waals surface area contributed by atoms with Crippen molar-refractivity contribution < 1.29 is 8.81 Å². The van der Waals surface area contributed by atoms with E-state index in [1.807, 2.05) is 0 Å². The zero-order valence-electron chi connectivity index (χ0n) is 7.62. The van der Waals surface area contributed by atoms with Crippen molar-refractivity contribution in [3.63, 3.8) is 0 Å². The molecular formula is C8H12FN3O. The lowest BCUT2D eigenvalue weighted by atomic mass is 10.1. The first-order valence-corrected chi connectivity index (χ1v) is 4.27. The summed E-state index contributed by atoms with van der Waals surface area (Å²) in [6, 6.07) is -0.290. The minimum Gasteiger partial charge on any atom is -0.423 e. The molecule has 3 unspecified atom stereocenters. The Balaban J connectivity index is 2.24. The SMILES string of the molecule is CC(N)c1nnc(C2(C)CC2F)o1. The van der Waals surface area contributed by atoms with Gasteiger partial charge in [-0.15, -0.1) is 10.2 Å². The third-order valence-electron chi connectivity index (χ3n) is 2.45. The fraction of sp³-hybridized carbons (Fsp3) is 0.750. The maximum absolute atomic E-state index is 12.9. The van der Waals surface area contributed by atoms with E-state index in [1.165, 1.54) is 0 Å². The van der Waals surface area contributed by atoms with E-state index in [0.29, 0.717) is 18.2 Å². The van der Waals surface area contributed by atoms with Crippen LogP contribution in [0, 0.1) is 0 Å². The summed E-state index contributed by atoms with van der Waals surface area (Å²) in [6.07, 6.45) is -0.387. The van der Waals surface area contributed by atoms with Crippen LogP contribution in [-0.4, -0.2) is 16.4 Å². The summed E-state index contributed by atoms with van der Waals surface area (Å²) in [5, 5.41) is 7.53. The highest BCUT2D eigenvalue weighted by Gasteiger charge is 2.56. The van der Waals surface area contributed by atoms with Crippen molar-refractivity contribution in [3.05, 3.63) is 11.8 Å². The van der Waals surface area contributed by atoms with Crippen molar-refractivity contribution in [2.75, 3.05) is 0 Å². The van der Waals surface area contributed by atoms with Crippen LogP contribution in [0.3, 0.4) is 0 Å². The summed E-state index contributed by atoms with van der Waals surface area (Å²) in [5.74, 6) is 0.739. The first-order valence-electron chi connectivity index (χ1n) is 4.27. The van der Waals surface area contributed by atoms with E-state index in [2.05, 4.69) is 10.2 Å². The number of alkyl halides is 1. The molecule has 1 aliphatic carbocycles. The van der Waals surface area contributed by atoms with Crippen LogP contribution in [-0.2, 0) is 5.41 Å². The van der Waals surface area contributed by atoms with Crippen LogP contribution in [0.4, 0.5) is 4.39 Å². The van der Waals surface area contributed by atoms with Gasteiger partial charge in [-0.2, -0.15) is 0 Å². The molecule has 0 aromatic carbocycles. The topological polar surface area (TPSA) is 64.9 Å². The lowest BCUT2D eigenvalue weighted by Gasteiger charge is -2.00. The second kappa shape index (κ2) is 2.51. The zero-order valence-corrected chi connectivity index (χ0v) is 7.62. The summed E-state index contributed by atoms with van der Waals surface area (Å²) in [4.78, 5) is 0. The van der Waals surface area contributed by atoms with E-state index in [9.17, 15) is 4.39 Å². The molecule has 1 fully saturated rings. The molecule has 1 aromatic heterocycles. The highest BCUT2D eigenvalue weighted by Crippen LogP contribution is 2.49. The van der Waals surface area contributed by atoms with E-state index in [1.54, 1.807) is 13.8 Å². The Morgan fingerprint density at radius 2 is 2.31 bits per heavy atom. The van der Waals surface area contributed by atoms with Crippen LogP contribution in [0.5, 0.6) is 0 Å². The van der Waals surface area contributed by atoms with Crippen LogP contribution in [0.1, 0.15) is 38.1 Å². The quantitative estimate of drug-likeness (QED) is 0.749. The van der Waals surface area contributed by atoms with E-state index < -0.39 is 11.6 Å². The van der Waals surface area contributed by atoms with E-state index in [-0.39, 0.29) is 6.04 Å². The normalized spacial score (nSPS) is 34.6. The van der Waals surface area contributed by atoms with Gasteiger partial charge in [-0.1, -0.05) is 0 Å². The van der Waals surface area contributed by atoms with Gasteiger partial charge in [0.1, 0.15) is 6.17 Å². The molecule has 0 saturated heterocycles. The van der Waals surface area contributed by atoms with Crippen LogP contribution in [0.15, 0.2) is 4.42 Å². The molecule has 72 valence electrons. The number of nitrogens with two attached hydrogens (primary N) is 1. The predicted molar refractivity (Wildman–Crippen MR) is 43.8 cm³/mol. The van der Waals surface area contributed by atoms with Crippen molar-refractivity contribution in [1.29, 1.82) is 0 Å². The number of hydrogen-bond donors (Lipinski definition) is 1. The molecule has 0 amide bonds. The minimum atomic E-state index is -0.853. The molecular weight excluding hydrogens is 173 g/mol. The fourth-order valence-corrected chi connectivity index (χ4v) is 1.18. The molecule has 1 aliphatic rings. The third-order valence-corrected chi connectivity index (χ3v) is 2.45. The van der Waals surface area contributed by atoms with Crippen molar-refractivity contribution in [3.8, 4) is 0 Å². The summed E-state index contributed by atoms with van der Waals surface area (Å²) in [5.41, 5.74) is 4.98. The Kier molecular flexibility index (Phi) is 1.66. The Hall–Kier alpha value is -0.970. The van der Waals surface area contributed by atoms with Crippen molar-refractivity contribution in [2.24, 2.45) is 5.73 Å². The van der Waals surface area contributed by atoms with Gasteiger partial charge < -0.3 is 10.2 Å². The summed E-state index contributed by atoms with van der Waals surface area (Å²) >= 11 is 0. The van der Waals surface area contributed by atoms with Gasteiger partial charge in [-0.25, -0.2) is 4.39 Å². The molecule has 2 rings (SSSR count). The summed E-state index contributed by atoms with van der Waals surface area (Å²) in [6.45, 7) is 3.52. The lowest BCUT2D eigenvalue weighted by Crippen LogP contribution is -2.05. The van der Waals surface area contributed by atoms with Gasteiger partial charge in [0, 0.05) is 0 Å². The summed E-state index contributed by atoms with van der Waals surface area (Å²) < 4.78 is 18.2. The van der Waals surface area contributed by atoms with Gasteiger partial charge >= 0.3 is 0 Å². The molecule has 1 heterocycles. The largest absolute Gasteiger partial charge is 0.423 e. The van der Waals surface area contributed by atoms with E-state index >= 15 is 0 Å². The van der Waals surface area contributed by atoms with Crippen LogP contribution >= 0.6 is 0 Å². The number of halogens is 1. The highest BCUT2D eigenvalue weighted by molar-refractivity contribution is 5.19. The average Bonchev–Trinajstić information content (AvgIpc) is 2.55. The number of hydrogen-bond acceptors (Lipinski definition) is 4. The monoisotopic (exact) mass is 185 g/mol. The van der Waals surface area contributed by atoms with Gasteiger partial charge in [0.05, 0.1) is 11.5 Å². The standard InChI is InChI=1S/C8H12FN3O/c1-4(10)6-11-12-7(13-6)8(2)3-5(8)9/h4-5H,3,10H2,1-2H3. The molecule has 5 heteroatoms. The second-order valence-corrected chi connectivity index (χ2v) is 3.82. The molecule has 13 heavy (non-hydrogen) atoms. The third kappa shape index (κ3) is 1.23. The van der Waals surface area contributed by atoms with Gasteiger partial charge in [0.25, 0.3) is 0 Å². The Bertz CT molecular complexity index is 325. The van der Waals surface area contributed by atoms with Crippen LogP contribution in [0.2, 0.25) is 0 Å². The molecule has 0 spiro atoms. The van der Waals surface area contributed by atoms with Crippen molar-refractivity contribution >= 4 is 0 Å². The maximum Gasteiger partial charge on any atom is 0.232 e. The first-order chi connectivity index (χ1) is 6.04. The minimum absolute atomic E-state index is 0.290.